The van der Waals surface area contributed by atoms with Crippen LogP contribution >= 0.6 is 11.3 Å². The van der Waals surface area contributed by atoms with Gasteiger partial charge in [-0.15, -0.1) is 11.3 Å². The third-order valence-electron chi connectivity index (χ3n) is 6.24. The van der Waals surface area contributed by atoms with E-state index in [1.54, 1.807) is 11.3 Å². The molecule has 0 aliphatic carbocycles. The highest BCUT2D eigenvalue weighted by Gasteiger charge is 2.22. The van der Waals surface area contributed by atoms with Gasteiger partial charge < -0.3 is 10.6 Å². The van der Waals surface area contributed by atoms with Gasteiger partial charge in [0.2, 0.25) is 0 Å². The molecule has 2 aliphatic rings. The minimum absolute atomic E-state index is 0.538. The highest BCUT2D eigenvalue weighted by molar-refractivity contribution is 7.21. The number of nitrogens with zero attached hydrogens (tertiary/aromatic N) is 1. The van der Waals surface area contributed by atoms with Gasteiger partial charge in [-0.1, -0.05) is 42.5 Å². The van der Waals surface area contributed by atoms with E-state index in [1.165, 1.54) is 38.2 Å². The Hall–Kier alpha value is -2.69. The zero-order valence-corrected chi connectivity index (χ0v) is 17.1. The summed E-state index contributed by atoms with van der Waals surface area (Å²) in [5, 5.41) is 8.26. The maximum atomic E-state index is 4.82. The molecule has 6 rings (SSSR count). The van der Waals surface area contributed by atoms with E-state index in [1.807, 2.05) is 0 Å². The Morgan fingerprint density at radius 3 is 2.83 bits per heavy atom. The first kappa shape index (κ1) is 17.2. The minimum Gasteiger partial charge on any atom is -0.384 e. The van der Waals surface area contributed by atoms with Gasteiger partial charge in [0.15, 0.2) is 0 Å². The zero-order chi connectivity index (χ0) is 19.2. The van der Waals surface area contributed by atoms with Crippen molar-refractivity contribution in [3.8, 4) is 10.6 Å². The van der Waals surface area contributed by atoms with Gasteiger partial charge in [0.1, 0.15) is 5.01 Å². The molecule has 3 aromatic carbocycles. The Bertz CT molecular complexity index is 1180. The second kappa shape index (κ2) is 6.97. The molecule has 3 heterocycles. The number of benzene rings is 3. The van der Waals surface area contributed by atoms with Crippen LogP contribution in [0.3, 0.4) is 0 Å². The van der Waals surface area contributed by atoms with Crippen LogP contribution in [-0.4, -0.2) is 18.1 Å². The summed E-state index contributed by atoms with van der Waals surface area (Å²) in [7, 11) is 0. The lowest BCUT2D eigenvalue weighted by atomic mass is 9.85. The van der Waals surface area contributed by atoms with E-state index in [2.05, 4.69) is 71.3 Å². The van der Waals surface area contributed by atoms with Crippen molar-refractivity contribution in [2.45, 2.75) is 25.3 Å². The molecule has 0 bridgehead atoms. The van der Waals surface area contributed by atoms with Crippen LogP contribution in [0.1, 0.15) is 28.2 Å². The van der Waals surface area contributed by atoms with Gasteiger partial charge in [0, 0.05) is 30.3 Å². The summed E-state index contributed by atoms with van der Waals surface area (Å²) in [4.78, 5) is 4.82. The summed E-state index contributed by atoms with van der Waals surface area (Å²) >= 11 is 1.77. The largest absolute Gasteiger partial charge is 0.384 e. The van der Waals surface area contributed by atoms with Crippen LogP contribution < -0.4 is 10.6 Å². The van der Waals surface area contributed by atoms with Gasteiger partial charge in [-0.3, -0.25) is 0 Å². The van der Waals surface area contributed by atoms with Crippen LogP contribution in [0.25, 0.3) is 20.8 Å². The molecular formula is C25H23N3S. The molecule has 1 aromatic heterocycles. The van der Waals surface area contributed by atoms with Crippen molar-refractivity contribution in [3.63, 3.8) is 0 Å². The fourth-order valence-electron chi connectivity index (χ4n) is 4.61. The van der Waals surface area contributed by atoms with Crippen molar-refractivity contribution < 1.29 is 0 Å². The fourth-order valence-corrected chi connectivity index (χ4v) is 5.57. The average molecular weight is 398 g/mol. The molecule has 2 aliphatic heterocycles. The number of para-hydroxylation sites is 1. The summed E-state index contributed by atoms with van der Waals surface area (Å²) in [5.74, 6) is 0.538. The molecule has 3 nitrogen and oxygen atoms in total. The Balaban J connectivity index is 1.28. The summed E-state index contributed by atoms with van der Waals surface area (Å²) < 4.78 is 1.25. The van der Waals surface area contributed by atoms with Crippen LogP contribution in [0, 0.1) is 0 Å². The number of nitrogens with one attached hydrogen (secondary N) is 2. The number of rotatable bonds is 2. The Labute approximate surface area is 174 Å². The molecule has 0 spiro atoms. The van der Waals surface area contributed by atoms with E-state index in [-0.39, 0.29) is 0 Å². The van der Waals surface area contributed by atoms with Crippen molar-refractivity contribution in [2.75, 3.05) is 18.4 Å². The Morgan fingerprint density at radius 2 is 1.86 bits per heavy atom. The van der Waals surface area contributed by atoms with Crippen molar-refractivity contribution >= 4 is 27.2 Å². The van der Waals surface area contributed by atoms with Crippen molar-refractivity contribution in [1.29, 1.82) is 0 Å². The first-order chi connectivity index (χ1) is 14.3. The maximum absolute atomic E-state index is 4.82. The Kier molecular flexibility index (Phi) is 4.13. The molecule has 1 unspecified atom stereocenters. The molecule has 144 valence electrons. The van der Waals surface area contributed by atoms with Crippen LogP contribution in [0.4, 0.5) is 5.69 Å². The van der Waals surface area contributed by atoms with Crippen molar-refractivity contribution in [2.24, 2.45) is 0 Å². The van der Waals surface area contributed by atoms with Crippen LogP contribution in [0.5, 0.6) is 0 Å². The summed E-state index contributed by atoms with van der Waals surface area (Å²) in [6.07, 6.45) is 2.24. The number of anilines is 1. The molecule has 1 atom stereocenters. The topological polar surface area (TPSA) is 37.0 Å². The molecule has 4 heteroatoms. The van der Waals surface area contributed by atoms with E-state index in [0.29, 0.717) is 5.92 Å². The van der Waals surface area contributed by atoms with Crippen molar-refractivity contribution in [1.82, 2.24) is 10.3 Å². The maximum Gasteiger partial charge on any atom is 0.124 e. The third kappa shape index (κ3) is 3.13. The number of hydrogen-bond acceptors (Lipinski definition) is 4. The smallest absolute Gasteiger partial charge is 0.124 e. The quantitative estimate of drug-likeness (QED) is 0.478. The standard InChI is InChI=1S/C25H23N3S/c1-2-4-24-22(3-1)28-25(29-24)19-7-6-18-12-21(15-27-23(18)13-19)16-5-8-20-14-26-10-9-17(20)11-16/h1-8,11,13,21,26-27H,9-10,12,14-15H2. The molecule has 0 radical (unpaired) electrons. The normalized spacial score (nSPS) is 18.1. The average Bonchev–Trinajstić information content (AvgIpc) is 3.22. The third-order valence-corrected chi connectivity index (χ3v) is 7.33. The molecule has 2 N–H and O–H groups in total. The Morgan fingerprint density at radius 1 is 0.931 bits per heavy atom. The van der Waals surface area contributed by atoms with E-state index in [4.69, 9.17) is 4.98 Å². The lowest BCUT2D eigenvalue weighted by molar-refractivity contribution is 0.637. The number of fused-ring (bicyclic) bond motifs is 3. The summed E-state index contributed by atoms with van der Waals surface area (Å²) in [5.41, 5.74) is 9.42. The second-order valence-corrected chi connectivity index (χ2v) is 9.13. The van der Waals surface area contributed by atoms with E-state index in [0.717, 1.165) is 43.0 Å². The number of aromatic nitrogens is 1. The molecule has 0 amide bonds. The molecule has 0 saturated carbocycles. The van der Waals surface area contributed by atoms with Crippen molar-refractivity contribution in [3.05, 3.63) is 82.9 Å². The number of thiazole rings is 1. The van der Waals surface area contributed by atoms with Gasteiger partial charge in [-0.2, -0.15) is 0 Å². The predicted octanol–water partition coefficient (Wildman–Crippen LogP) is 5.36. The van der Waals surface area contributed by atoms with Gasteiger partial charge in [-0.25, -0.2) is 4.98 Å². The monoisotopic (exact) mass is 397 g/mol. The van der Waals surface area contributed by atoms with Crippen LogP contribution in [0.2, 0.25) is 0 Å². The molecule has 4 aromatic rings. The SMILES string of the molecule is c1ccc2sc(-c3ccc4c(c3)NCC(c3ccc5c(c3)CCNC5)C4)nc2c1. The highest BCUT2D eigenvalue weighted by Crippen LogP contribution is 2.36. The fraction of sp³-hybridized carbons (Fsp3) is 0.240. The first-order valence-corrected chi connectivity index (χ1v) is 11.2. The number of hydrogen-bond donors (Lipinski definition) is 2. The first-order valence-electron chi connectivity index (χ1n) is 10.4. The van der Waals surface area contributed by atoms with Gasteiger partial charge in [0.05, 0.1) is 10.2 Å². The highest BCUT2D eigenvalue weighted by atomic mass is 32.1. The summed E-state index contributed by atoms with van der Waals surface area (Å²) in [6, 6.07) is 22.3. The molecular weight excluding hydrogens is 374 g/mol. The van der Waals surface area contributed by atoms with E-state index < -0.39 is 0 Å². The van der Waals surface area contributed by atoms with Gasteiger partial charge in [0.25, 0.3) is 0 Å². The van der Waals surface area contributed by atoms with Gasteiger partial charge in [-0.05, 0) is 59.8 Å². The summed E-state index contributed by atoms with van der Waals surface area (Å²) in [6.45, 7) is 3.10. The zero-order valence-electron chi connectivity index (χ0n) is 16.2. The minimum atomic E-state index is 0.538. The lowest BCUT2D eigenvalue weighted by Gasteiger charge is -2.28. The lowest BCUT2D eigenvalue weighted by Crippen LogP contribution is -2.25. The van der Waals surface area contributed by atoms with Crippen LogP contribution in [0.15, 0.2) is 60.7 Å². The predicted molar refractivity (Wildman–Crippen MR) is 122 cm³/mol. The molecule has 29 heavy (non-hydrogen) atoms. The van der Waals surface area contributed by atoms with E-state index >= 15 is 0 Å². The van der Waals surface area contributed by atoms with E-state index in [9.17, 15) is 0 Å². The van der Waals surface area contributed by atoms with Gasteiger partial charge >= 0.3 is 0 Å². The molecule has 0 fully saturated rings. The van der Waals surface area contributed by atoms with Crippen LogP contribution in [-0.2, 0) is 19.4 Å². The molecule has 0 saturated heterocycles. The second-order valence-electron chi connectivity index (χ2n) is 8.10.